The van der Waals surface area contributed by atoms with E-state index in [0.717, 1.165) is 18.7 Å². The van der Waals surface area contributed by atoms with Crippen molar-refractivity contribution in [2.45, 2.75) is 46.8 Å². The lowest BCUT2D eigenvalue weighted by Gasteiger charge is -2.13. The maximum absolute atomic E-state index is 5.70. The van der Waals surface area contributed by atoms with E-state index >= 15 is 0 Å². The molecule has 1 N–H and O–H groups in total. The first-order chi connectivity index (χ1) is 9.58. The van der Waals surface area contributed by atoms with Crippen molar-refractivity contribution < 1.29 is 4.74 Å². The monoisotopic (exact) mass is 289 g/mol. The van der Waals surface area contributed by atoms with Crippen LogP contribution >= 0.6 is 11.3 Å². The molecule has 0 bridgehead atoms. The van der Waals surface area contributed by atoms with E-state index in [-0.39, 0.29) is 6.10 Å². The Balaban J connectivity index is 1.99. The van der Waals surface area contributed by atoms with Crippen LogP contribution in [0.25, 0.3) is 0 Å². The molecule has 0 aliphatic heterocycles. The summed E-state index contributed by atoms with van der Waals surface area (Å²) < 4.78 is 5.70. The maximum Gasteiger partial charge on any atom is 0.120 e. The summed E-state index contributed by atoms with van der Waals surface area (Å²) in [5.74, 6) is 0.937. The van der Waals surface area contributed by atoms with E-state index in [1.54, 1.807) is 0 Å². The first kappa shape index (κ1) is 14.9. The van der Waals surface area contributed by atoms with Gasteiger partial charge in [0.1, 0.15) is 5.75 Å². The van der Waals surface area contributed by atoms with Gasteiger partial charge in [-0.05, 0) is 63.1 Å². The standard InChI is InChI=1S/C17H23NOS/c1-5-15-7-8-16(20-15)11-18-17-9-6-14(10-13(17)4)19-12(2)3/h6-10,12,18H,5,11H2,1-4H3. The highest BCUT2D eigenvalue weighted by Gasteiger charge is 2.04. The van der Waals surface area contributed by atoms with Crippen molar-refractivity contribution in [1.82, 2.24) is 0 Å². The molecule has 3 heteroatoms. The second-order valence-corrected chi connectivity index (χ2v) is 6.47. The van der Waals surface area contributed by atoms with Crippen LogP contribution in [0.5, 0.6) is 5.75 Å². The van der Waals surface area contributed by atoms with Gasteiger partial charge >= 0.3 is 0 Å². The molecule has 2 nitrogen and oxygen atoms in total. The minimum atomic E-state index is 0.215. The van der Waals surface area contributed by atoms with Gasteiger partial charge < -0.3 is 10.1 Å². The van der Waals surface area contributed by atoms with Gasteiger partial charge in [-0.1, -0.05) is 6.92 Å². The molecule has 0 spiro atoms. The maximum atomic E-state index is 5.70. The number of benzene rings is 1. The topological polar surface area (TPSA) is 21.3 Å². The third kappa shape index (κ3) is 4.01. The summed E-state index contributed by atoms with van der Waals surface area (Å²) in [6.45, 7) is 9.28. The predicted octanol–water partition coefficient (Wildman–Crippen LogP) is 5.02. The largest absolute Gasteiger partial charge is 0.491 e. The summed E-state index contributed by atoms with van der Waals surface area (Å²) in [7, 11) is 0. The number of ether oxygens (including phenoxy) is 1. The summed E-state index contributed by atoms with van der Waals surface area (Å²) in [4.78, 5) is 2.82. The van der Waals surface area contributed by atoms with E-state index in [2.05, 4.69) is 43.4 Å². The van der Waals surface area contributed by atoms with Crippen molar-refractivity contribution >= 4 is 17.0 Å². The molecule has 1 aromatic carbocycles. The van der Waals surface area contributed by atoms with Crippen LogP contribution in [0.2, 0.25) is 0 Å². The molecule has 2 aromatic rings. The Morgan fingerprint density at radius 1 is 1.15 bits per heavy atom. The number of hydrogen-bond acceptors (Lipinski definition) is 3. The van der Waals surface area contributed by atoms with Gasteiger partial charge in [0, 0.05) is 22.0 Å². The second-order valence-electron chi connectivity index (χ2n) is 5.22. The first-order valence-corrected chi connectivity index (χ1v) is 7.99. The van der Waals surface area contributed by atoms with Crippen LogP contribution in [0.4, 0.5) is 5.69 Å². The number of anilines is 1. The summed E-state index contributed by atoms with van der Waals surface area (Å²) in [5.41, 5.74) is 2.39. The highest BCUT2D eigenvalue weighted by Crippen LogP contribution is 2.24. The quantitative estimate of drug-likeness (QED) is 0.806. The normalized spacial score (nSPS) is 10.8. The van der Waals surface area contributed by atoms with Crippen molar-refractivity contribution in [3.8, 4) is 5.75 Å². The van der Waals surface area contributed by atoms with Crippen molar-refractivity contribution in [2.75, 3.05) is 5.32 Å². The summed E-state index contributed by atoms with van der Waals surface area (Å²) >= 11 is 1.88. The van der Waals surface area contributed by atoms with Gasteiger partial charge in [0.25, 0.3) is 0 Å². The molecule has 0 amide bonds. The molecule has 1 aromatic heterocycles. The van der Waals surface area contributed by atoms with Crippen molar-refractivity contribution in [2.24, 2.45) is 0 Å². The molecule has 0 fully saturated rings. The third-order valence-corrected chi connectivity index (χ3v) is 4.32. The van der Waals surface area contributed by atoms with Crippen LogP contribution in [0.15, 0.2) is 30.3 Å². The van der Waals surface area contributed by atoms with E-state index in [1.807, 2.05) is 31.3 Å². The van der Waals surface area contributed by atoms with E-state index in [0.29, 0.717) is 0 Å². The fourth-order valence-electron chi connectivity index (χ4n) is 2.07. The summed E-state index contributed by atoms with van der Waals surface area (Å²) in [5, 5.41) is 3.50. The SMILES string of the molecule is CCc1ccc(CNc2ccc(OC(C)C)cc2C)s1. The summed E-state index contributed by atoms with van der Waals surface area (Å²) in [6.07, 6.45) is 1.33. The molecule has 0 atom stereocenters. The van der Waals surface area contributed by atoms with Crippen LogP contribution in [0.1, 0.15) is 36.1 Å². The average Bonchev–Trinajstić information content (AvgIpc) is 2.85. The van der Waals surface area contributed by atoms with Gasteiger partial charge in [0.15, 0.2) is 0 Å². The Morgan fingerprint density at radius 3 is 2.50 bits per heavy atom. The number of aryl methyl sites for hydroxylation is 2. The van der Waals surface area contributed by atoms with Crippen LogP contribution in [0.3, 0.4) is 0 Å². The smallest absolute Gasteiger partial charge is 0.120 e. The lowest BCUT2D eigenvalue weighted by atomic mass is 10.2. The Kier molecular flexibility index (Phi) is 5.07. The Bertz CT molecular complexity index is 560. The molecule has 1 heterocycles. The molecule has 0 radical (unpaired) electrons. The van der Waals surface area contributed by atoms with Crippen LogP contribution in [0, 0.1) is 6.92 Å². The van der Waals surface area contributed by atoms with Crippen molar-refractivity contribution in [3.05, 3.63) is 45.6 Å². The van der Waals surface area contributed by atoms with Crippen LogP contribution < -0.4 is 10.1 Å². The highest BCUT2D eigenvalue weighted by atomic mass is 32.1. The van der Waals surface area contributed by atoms with Gasteiger partial charge in [-0.2, -0.15) is 0 Å². The van der Waals surface area contributed by atoms with E-state index in [9.17, 15) is 0 Å². The molecule has 0 saturated carbocycles. The fourth-order valence-corrected chi connectivity index (χ4v) is 2.97. The minimum absolute atomic E-state index is 0.215. The van der Waals surface area contributed by atoms with Gasteiger partial charge in [-0.15, -0.1) is 11.3 Å². The molecule has 0 unspecified atom stereocenters. The second kappa shape index (κ2) is 6.80. The fraction of sp³-hybridized carbons (Fsp3) is 0.412. The molecule has 0 aliphatic carbocycles. The predicted molar refractivity (Wildman–Crippen MR) is 88.0 cm³/mol. The molecule has 2 rings (SSSR count). The third-order valence-electron chi connectivity index (χ3n) is 3.09. The molecular formula is C17H23NOS. The molecular weight excluding hydrogens is 266 g/mol. The minimum Gasteiger partial charge on any atom is -0.491 e. The van der Waals surface area contributed by atoms with Gasteiger partial charge in [-0.25, -0.2) is 0 Å². The zero-order chi connectivity index (χ0) is 14.5. The van der Waals surface area contributed by atoms with E-state index in [1.165, 1.54) is 21.0 Å². The molecule has 20 heavy (non-hydrogen) atoms. The Labute approximate surface area is 125 Å². The number of thiophene rings is 1. The zero-order valence-corrected chi connectivity index (χ0v) is 13.5. The molecule has 108 valence electrons. The lowest BCUT2D eigenvalue weighted by molar-refractivity contribution is 0.242. The number of nitrogens with one attached hydrogen (secondary N) is 1. The van der Waals surface area contributed by atoms with Crippen LogP contribution in [-0.4, -0.2) is 6.10 Å². The van der Waals surface area contributed by atoms with Gasteiger partial charge in [0.2, 0.25) is 0 Å². The van der Waals surface area contributed by atoms with Gasteiger partial charge in [0.05, 0.1) is 6.10 Å². The van der Waals surface area contributed by atoms with Crippen molar-refractivity contribution in [3.63, 3.8) is 0 Å². The molecule has 0 aliphatic rings. The Morgan fingerprint density at radius 2 is 1.90 bits per heavy atom. The lowest BCUT2D eigenvalue weighted by Crippen LogP contribution is -2.06. The summed E-state index contributed by atoms with van der Waals surface area (Å²) in [6, 6.07) is 10.6. The first-order valence-electron chi connectivity index (χ1n) is 7.17. The Hall–Kier alpha value is -1.48. The number of rotatable bonds is 6. The van der Waals surface area contributed by atoms with Gasteiger partial charge in [-0.3, -0.25) is 0 Å². The highest BCUT2D eigenvalue weighted by molar-refractivity contribution is 7.12. The van der Waals surface area contributed by atoms with E-state index in [4.69, 9.17) is 4.74 Å². The van der Waals surface area contributed by atoms with E-state index < -0.39 is 0 Å². The van der Waals surface area contributed by atoms with Crippen LogP contribution in [-0.2, 0) is 13.0 Å². The zero-order valence-electron chi connectivity index (χ0n) is 12.7. The average molecular weight is 289 g/mol. The number of hydrogen-bond donors (Lipinski definition) is 1. The molecule has 0 saturated heterocycles. The van der Waals surface area contributed by atoms with Crippen molar-refractivity contribution in [1.29, 1.82) is 0 Å².